The second-order valence-corrected chi connectivity index (χ2v) is 4.42. The van der Waals surface area contributed by atoms with Crippen LogP contribution >= 0.6 is 0 Å². The fourth-order valence-electron chi connectivity index (χ4n) is 2.55. The standard InChI is InChI=1S/C14H16N2/c1-2-9-15-13(7-1)11-5-3-8-14-12(11)6-4-10-16-14/h3-6,8,10,13,15H,1-2,7,9H2/t13-/m1/s1. The second-order valence-electron chi connectivity index (χ2n) is 4.42. The molecule has 16 heavy (non-hydrogen) atoms. The molecule has 1 atom stereocenters. The van der Waals surface area contributed by atoms with E-state index in [-0.39, 0.29) is 0 Å². The fraction of sp³-hybridized carbons (Fsp3) is 0.357. The van der Waals surface area contributed by atoms with Crippen LogP contribution in [0.4, 0.5) is 0 Å². The molecule has 1 saturated heterocycles. The lowest BCUT2D eigenvalue weighted by molar-refractivity contribution is 0.414. The van der Waals surface area contributed by atoms with Gasteiger partial charge >= 0.3 is 0 Å². The molecule has 1 aliphatic rings. The number of nitrogens with zero attached hydrogens (tertiary/aromatic N) is 1. The Labute approximate surface area is 95.7 Å². The molecule has 3 rings (SSSR count). The molecule has 2 heteroatoms. The average Bonchev–Trinajstić information content (AvgIpc) is 2.39. The topological polar surface area (TPSA) is 24.9 Å². The minimum Gasteiger partial charge on any atom is -0.310 e. The van der Waals surface area contributed by atoms with Crippen LogP contribution in [0.2, 0.25) is 0 Å². The van der Waals surface area contributed by atoms with Gasteiger partial charge in [-0.25, -0.2) is 0 Å². The molecule has 0 unspecified atom stereocenters. The predicted octanol–water partition coefficient (Wildman–Crippen LogP) is 3.05. The summed E-state index contributed by atoms with van der Waals surface area (Å²) in [5.74, 6) is 0. The maximum Gasteiger partial charge on any atom is 0.0705 e. The third-order valence-electron chi connectivity index (χ3n) is 3.37. The summed E-state index contributed by atoms with van der Waals surface area (Å²) < 4.78 is 0. The van der Waals surface area contributed by atoms with E-state index in [0.29, 0.717) is 6.04 Å². The molecule has 1 aliphatic heterocycles. The lowest BCUT2D eigenvalue weighted by Crippen LogP contribution is -2.26. The van der Waals surface area contributed by atoms with E-state index in [4.69, 9.17) is 0 Å². The van der Waals surface area contributed by atoms with Crippen LogP contribution in [0.5, 0.6) is 0 Å². The van der Waals surface area contributed by atoms with Crippen molar-refractivity contribution in [3.63, 3.8) is 0 Å². The van der Waals surface area contributed by atoms with E-state index < -0.39 is 0 Å². The Balaban J connectivity index is 2.08. The Morgan fingerprint density at radius 3 is 3.00 bits per heavy atom. The van der Waals surface area contributed by atoms with Crippen LogP contribution in [0.25, 0.3) is 10.9 Å². The predicted molar refractivity (Wildman–Crippen MR) is 66.3 cm³/mol. The molecule has 2 aromatic rings. The summed E-state index contributed by atoms with van der Waals surface area (Å²) in [5.41, 5.74) is 2.51. The molecular formula is C14H16N2. The van der Waals surface area contributed by atoms with Crippen LogP contribution in [-0.4, -0.2) is 11.5 Å². The minimum atomic E-state index is 0.515. The van der Waals surface area contributed by atoms with E-state index in [9.17, 15) is 0 Å². The summed E-state index contributed by atoms with van der Waals surface area (Å²) >= 11 is 0. The Bertz CT molecular complexity index is 482. The number of rotatable bonds is 1. The number of piperidine rings is 1. The molecule has 2 nitrogen and oxygen atoms in total. The van der Waals surface area contributed by atoms with E-state index in [1.807, 2.05) is 12.3 Å². The van der Waals surface area contributed by atoms with Gasteiger partial charge in [-0.3, -0.25) is 4.98 Å². The highest BCUT2D eigenvalue weighted by atomic mass is 14.9. The van der Waals surface area contributed by atoms with Crippen LogP contribution in [0.1, 0.15) is 30.9 Å². The van der Waals surface area contributed by atoms with Crippen LogP contribution in [-0.2, 0) is 0 Å². The first-order valence-corrected chi connectivity index (χ1v) is 6.02. The van der Waals surface area contributed by atoms with Crippen molar-refractivity contribution in [2.24, 2.45) is 0 Å². The number of hydrogen-bond acceptors (Lipinski definition) is 2. The van der Waals surface area contributed by atoms with Gasteiger partial charge in [0.05, 0.1) is 5.52 Å². The number of fused-ring (bicyclic) bond motifs is 1. The summed E-state index contributed by atoms with van der Waals surface area (Å²) in [6.07, 6.45) is 5.74. The third kappa shape index (κ3) is 1.69. The third-order valence-corrected chi connectivity index (χ3v) is 3.37. The number of aromatic nitrogens is 1. The Morgan fingerprint density at radius 1 is 1.12 bits per heavy atom. The molecule has 0 bridgehead atoms. The van der Waals surface area contributed by atoms with Crippen LogP contribution in [0.15, 0.2) is 36.5 Å². The largest absolute Gasteiger partial charge is 0.310 e. The zero-order chi connectivity index (χ0) is 10.8. The smallest absolute Gasteiger partial charge is 0.0705 e. The lowest BCUT2D eigenvalue weighted by atomic mass is 9.94. The first-order valence-electron chi connectivity index (χ1n) is 6.02. The summed E-state index contributed by atoms with van der Waals surface area (Å²) in [4.78, 5) is 4.41. The molecule has 1 aromatic carbocycles. The van der Waals surface area contributed by atoms with Gasteiger partial charge in [0.2, 0.25) is 0 Å². The molecule has 0 radical (unpaired) electrons. The summed E-state index contributed by atoms with van der Waals surface area (Å²) in [6, 6.07) is 11.1. The van der Waals surface area contributed by atoms with Crippen molar-refractivity contribution in [1.82, 2.24) is 10.3 Å². The van der Waals surface area contributed by atoms with Crippen molar-refractivity contribution < 1.29 is 0 Å². The molecule has 1 N–H and O–H groups in total. The highest BCUT2D eigenvalue weighted by Gasteiger charge is 2.16. The number of pyridine rings is 1. The maximum atomic E-state index is 4.41. The highest BCUT2D eigenvalue weighted by molar-refractivity contribution is 5.82. The van der Waals surface area contributed by atoms with Crippen LogP contribution in [0, 0.1) is 0 Å². The van der Waals surface area contributed by atoms with Crippen molar-refractivity contribution in [1.29, 1.82) is 0 Å². The quantitative estimate of drug-likeness (QED) is 0.786. The van der Waals surface area contributed by atoms with Crippen molar-refractivity contribution >= 4 is 10.9 Å². The van der Waals surface area contributed by atoms with Gasteiger partial charge in [-0.2, -0.15) is 0 Å². The molecule has 0 spiro atoms. The first kappa shape index (κ1) is 9.79. The van der Waals surface area contributed by atoms with Gasteiger partial charge < -0.3 is 5.32 Å². The number of nitrogens with one attached hydrogen (secondary N) is 1. The lowest BCUT2D eigenvalue weighted by Gasteiger charge is -2.24. The first-order chi connectivity index (χ1) is 7.95. The summed E-state index contributed by atoms with van der Waals surface area (Å²) in [5, 5.41) is 4.90. The van der Waals surface area contributed by atoms with Crippen molar-refractivity contribution in [3.05, 3.63) is 42.1 Å². The fourth-order valence-corrected chi connectivity index (χ4v) is 2.55. The Morgan fingerprint density at radius 2 is 2.12 bits per heavy atom. The second kappa shape index (κ2) is 4.22. The molecule has 0 amide bonds. The molecular weight excluding hydrogens is 196 g/mol. The normalized spacial score (nSPS) is 21.1. The van der Waals surface area contributed by atoms with Gasteiger partial charge in [-0.15, -0.1) is 0 Å². The van der Waals surface area contributed by atoms with Gasteiger partial charge in [0.15, 0.2) is 0 Å². The zero-order valence-corrected chi connectivity index (χ0v) is 9.32. The zero-order valence-electron chi connectivity index (χ0n) is 9.32. The van der Waals surface area contributed by atoms with E-state index in [2.05, 4.69) is 34.6 Å². The number of benzene rings is 1. The van der Waals surface area contributed by atoms with E-state index in [0.717, 1.165) is 12.1 Å². The Hall–Kier alpha value is -1.41. The molecule has 0 saturated carbocycles. The van der Waals surface area contributed by atoms with E-state index in [1.54, 1.807) is 0 Å². The summed E-state index contributed by atoms with van der Waals surface area (Å²) in [6.45, 7) is 1.14. The van der Waals surface area contributed by atoms with Gasteiger partial charge in [0, 0.05) is 17.6 Å². The van der Waals surface area contributed by atoms with Gasteiger partial charge in [-0.1, -0.05) is 24.6 Å². The van der Waals surface area contributed by atoms with Gasteiger partial charge in [-0.05, 0) is 37.1 Å². The van der Waals surface area contributed by atoms with Gasteiger partial charge in [0.25, 0.3) is 0 Å². The highest BCUT2D eigenvalue weighted by Crippen LogP contribution is 2.28. The van der Waals surface area contributed by atoms with Crippen molar-refractivity contribution in [2.45, 2.75) is 25.3 Å². The molecule has 2 heterocycles. The van der Waals surface area contributed by atoms with Crippen LogP contribution < -0.4 is 5.32 Å². The van der Waals surface area contributed by atoms with Crippen molar-refractivity contribution in [3.8, 4) is 0 Å². The molecule has 0 aliphatic carbocycles. The molecule has 1 fully saturated rings. The molecule has 1 aromatic heterocycles. The Kier molecular flexibility index (Phi) is 2.58. The minimum absolute atomic E-state index is 0.515. The SMILES string of the molecule is c1cc([C@H]2CCCCN2)c2cccnc2c1. The summed E-state index contributed by atoms with van der Waals surface area (Å²) in [7, 11) is 0. The average molecular weight is 212 g/mol. The van der Waals surface area contributed by atoms with E-state index in [1.165, 1.54) is 30.2 Å². The van der Waals surface area contributed by atoms with E-state index >= 15 is 0 Å². The molecule has 82 valence electrons. The van der Waals surface area contributed by atoms with Gasteiger partial charge in [0.1, 0.15) is 0 Å². The van der Waals surface area contributed by atoms with Crippen LogP contribution in [0.3, 0.4) is 0 Å². The number of hydrogen-bond donors (Lipinski definition) is 1. The van der Waals surface area contributed by atoms with Crippen molar-refractivity contribution in [2.75, 3.05) is 6.54 Å². The monoisotopic (exact) mass is 212 g/mol. The maximum absolute atomic E-state index is 4.41.